The van der Waals surface area contributed by atoms with Gasteiger partial charge in [-0.15, -0.1) is 0 Å². The lowest BCUT2D eigenvalue weighted by atomic mass is 10.1. The molecule has 118 valence electrons. The number of hydrogen-bond acceptors (Lipinski definition) is 3. The second-order valence-corrected chi connectivity index (χ2v) is 7.38. The summed E-state index contributed by atoms with van der Waals surface area (Å²) in [6.07, 6.45) is 2.13. The first kappa shape index (κ1) is 16.7. The lowest BCUT2D eigenvalue weighted by molar-refractivity contribution is 0.261. The maximum Gasteiger partial charge on any atom is 0.247 e. The molecule has 0 atom stereocenters. The Bertz CT molecular complexity index is 568. The van der Waals surface area contributed by atoms with Crippen LogP contribution in [0.3, 0.4) is 0 Å². The van der Waals surface area contributed by atoms with Crippen molar-refractivity contribution in [1.29, 1.82) is 0 Å². The molecule has 1 aromatic carbocycles. The van der Waals surface area contributed by atoms with Crippen molar-refractivity contribution >= 4 is 21.6 Å². The van der Waals surface area contributed by atoms with Crippen molar-refractivity contribution in [3.05, 3.63) is 29.0 Å². The Balaban J connectivity index is 2.42. The Morgan fingerprint density at radius 2 is 2.05 bits per heavy atom. The summed E-state index contributed by atoms with van der Waals surface area (Å²) in [7, 11) is -3.93. The molecule has 2 rings (SSSR count). The molecule has 0 bridgehead atoms. The average molecular weight is 335 g/mol. The molecule has 1 N–H and O–H groups in total. The summed E-state index contributed by atoms with van der Waals surface area (Å²) in [4.78, 5) is -0.404. The molecule has 0 saturated carbocycles. The third-order valence-corrected chi connectivity index (χ3v) is 6.10. The second kappa shape index (κ2) is 7.05. The van der Waals surface area contributed by atoms with Crippen molar-refractivity contribution in [2.75, 3.05) is 19.6 Å². The highest BCUT2D eigenvalue weighted by molar-refractivity contribution is 7.89. The summed E-state index contributed by atoms with van der Waals surface area (Å²) in [6, 6.07) is 3.84. The number of piperidine rings is 1. The van der Waals surface area contributed by atoms with Crippen LogP contribution in [0.4, 0.5) is 4.39 Å². The zero-order valence-corrected chi connectivity index (χ0v) is 13.6. The lowest BCUT2D eigenvalue weighted by Gasteiger charge is -2.33. The largest absolute Gasteiger partial charge is 0.317 e. The fourth-order valence-electron chi connectivity index (χ4n) is 2.66. The van der Waals surface area contributed by atoms with Gasteiger partial charge in [0.25, 0.3) is 0 Å². The molecule has 1 heterocycles. The average Bonchev–Trinajstić information content (AvgIpc) is 2.45. The van der Waals surface area contributed by atoms with Gasteiger partial charge < -0.3 is 5.32 Å². The highest BCUT2D eigenvalue weighted by Crippen LogP contribution is 2.30. The molecule has 1 fully saturated rings. The van der Waals surface area contributed by atoms with Gasteiger partial charge in [0.2, 0.25) is 10.0 Å². The third-order valence-electron chi connectivity index (χ3n) is 3.65. The molecule has 7 heteroatoms. The Labute approximate surface area is 130 Å². The molecule has 1 saturated heterocycles. The zero-order valence-electron chi connectivity index (χ0n) is 12.0. The van der Waals surface area contributed by atoms with Crippen molar-refractivity contribution in [3.8, 4) is 0 Å². The van der Waals surface area contributed by atoms with Crippen LogP contribution in [0.25, 0.3) is 0 Å². The molecule has 1 aromatic rings. The molecule has 0 aromatic heterocycles. The van der Waals surface area contributed by atoms with Crippen LogP contribution in [0.2, 0.25) is 5.02 Å². The highest BCUT2D eigenvalue weighted by Gasteiger charge is 2.34. The number of hydrogen-bond donors (Lipinski definition) is 1. The first-order chi connectivity index (χ1) is 9.98. The van der Waals surface area contributed by atoms with Crippen LogP contribution in [0.1, 0.15) is 26.2 Å². The monoisotopic (exact) mass is 334 g/mol. The van der Waals surface area contributed by atoms with E-state index in [0.717, 1.165) is 32.0 Å². The van der Waals surface area contributed by atoms with Gasteiger partial charge in [-0.1, -0.05) is 24.6 Å². The minimum absolute atomic E-state index is 0.0648. The van der Waals surface area contributed by atoms with Gasteiger partial charge in [0.15, 0.2) is 0 Å². The van der Waals surface area contributed by atoms with Gasteiger partial charge in [-0.3, -0.25) is 0 Å². The Morgan fingerprint density at radius 1 is 1.38 bits per heavy atom. The van der Waals surface area contributed by atoms with E-state index in [2.05, 4.69) is 5.32 Å². The summed E-state index contributed by atoms with van der Waals surface area (Å²) >= 11 is 5.94. The second-order valence-electron chi connectivity index (χ2n) is 5.15. The Kier molecular flexibility index (Phi) is 5.60. The van der Waals surface area contributed by atoms with E-state index >= 15 is 0 Å². The zero-order chi connectivity index (χ0) is 15.5. The number of benzene rings is 1. The van der Waals surface area contributed by atoms with Gasteiger partial charge >= 0.3 is 0 Å². The van der Waals surface area contributed by atoms with E-state index in [1.165, 1.54) is 16.4 Å². The van der Waals surface area contributed by atoms with E-state index in [1.54, 1.807) is 0 Å². The fourth-order valence-corrected chi connectivity index (χ4v) is 5.01. The molecular formula is C14H20ClFN2O2S. The van der Waals surface area contributed by atoms with Crippen LogP contribution in [-0.2, 0) is 10.0 Å². The van der Waals surface area contributed by atoms with Crippen molar-refractivity contribution in [2.45, 2.75) is 37.1 Å². The first-order valence-electron chi connectivity index (χ1n) is 7.15. The third kappa shape index (κ3) is 3.56. The van der Waals surface area contributed by atoms with Gasteiger partial charge in [-0.25, -0.2) is 12.8 Å². The predicted molar refractivity (Wildman–Crippen MR) is 81.5 cm³/mol. The maximum atomic E-state index is 14.0. The molecule has 0 spiro atoms. The van der Waals surface area contributed by atoms with E-state index in [1.807, 2.05) is 6.92 Å². The molecular weight excluding hydrogens is 315 g/mol. The van der Waals surface area contributed by atoms with E-state index in [0.29, 0.717) is 13.0 Å². The normalized spacial score (nSPS) is 17.3. The van der Waals surface area contributed by atoms with E-state index in [-0.39, 0.29) is 11.1 Å². The topological polar surface area (TPSA) is 49.4 Å². The Morgan fingerprint density at radius 3 is 2.62 bits per heavy atom. The molecule has 1 aliphatic heterocycles. The molecule has 0 radical (unpaired) electrons. The van der Waals surface area contributed by atoms with Gasteiger partial charge in [-0.2, -0.15) is 4.31 Å². The number of rotatable bonds is 5. The molecule has 21 heavy (non-hydrogen) atoms. The minimum atomic E-state index is -3.93. The first-order valence-corrected chi connectivity index (χ1v) is 8.97. The van der Waals surface area contributed by atoms with Crippen LogP contribution in [0, 0.1) is 5.82 Å². The van der Waals surface area contributed by atoms with Gasteiger partial charge in [0.05, 0.1) is 5.02 Å². The molecule has 0 unspecified atom stereocenters. The Hall–Kier alpha value is -0.690. The van der Waals surface area contributed by atoms with Crippen molar-refractivity contribution in [2.24, 2.45) is 0 Å². The summed E-state index contributed by atoms with van der Waals surface area (Å²) in [5, 5.41) is 3.14. The summed E-state index contributed by atoms with van der Waals surface area (Å²) < 4.78 is 41.1. The van der Waals surface area contributed by atoms with Crippen LogP contribution in [-0.4, -0.2) is 38.4 Å². The summed E-state index contributed by atoms with van der Waals surface area (Å²) in [6.45, 7) is 3.82. The smallest absolute Gasteiger partial charge is 0.247 e. The van der Waals surface area contributed by atoms with Gasteiger partial charge in [0, 0.05) is 12.6 Å². The molecule has 0 amide bonds. The summed E-state index contributed by atoms with van der Waals surface area (Å²) in [5.74, 6) is -0.794. The van der Waals surface area contributed by atoms with Gasteiger partial charge in [-0.05, 0) is 44.5 Å². The van der Waals surface area contributed by atoms with Crippen molar-refractivity contribution in [1.82, 2.24) is 9.62 Å². The van der Waals surface area contributed by atoms with Crippen molar-refractivity contribution < 1.29 is 12.8 Å². The van der Waals surface area contributed by atoms with Crippen molar-refractivity contribution in [3.63, 3.8) is 0 Å². The standard InChI is InChI=1S/C14H20ClFN2O2S/c1-2-10-18(11-6-8-17-9-7-11)21(19,20)14-12(15)4-3-5-13(14)16/h3-5,11,17H,2,6-10H2,1H3. The number of halogens is 2. The van der Waals surface area contributed by atoms with Crippen LogP contribution >= 0.6 is 11.6 Å². The summed E-state index contributed by atoms with van der Waals surface area (Å²) in [5.41, 5.74) is 0. The maximum absolute atomic E-state index is 14.0. The van der Waals surface area contributed by atoms with E-state index in [4.69, 9.17) is 11.6 Å². The fraction of sp³-hybridized carbons (Fsp3) is 0.571. The van der Waals surface area contributed by atoms with Crippen LogP contribution in [0.15, 0.2) is 23.1 Å². The van der Waals surface area contributed by atoms with Crippen LogP contribution in [0.5, 0.6) is 0 Å². The van der Waals surface area contributed by atoms with E-state index < -0.39 is 20.7 Å². The quantitative estimate of drug-likeness (QED) is 0.900. The molecule has 4 nitrogen and oxygen atoms in total. The van der Waals surface area contributed by atoms with Crippen LogP contribution < -0.4 is 5.32 Å². The number of nitrogens with zero attached hydrogens (tertiary/aromatic N) is 1. The molecule has 0 aliphatic carbocycles. The minimum Gasteiger partial charge on any atom is -0.317 e. The van der Waals surface area contributed by atoms with Gasteiger partial charge in [0.1, 0.15) is 10.7 Å². The van der Waals surface area contributed by atoms with E-state index in [9.17, 15) is 12.8 Å². The lowest BCUT2D eigenvalue weighted by Crippen LogP contribution is -2.46. The number of sulfonamides is 1. The molecule has 1 aliphatic rings. The highest BCUT2D eigenvalue weighted by atomic mass is 35.5. The predicted octanol–water partition coefficient (Wildman–Crippen LogP) is 2.63. The SMILES string of the molecule is CCCN(C1CCNCC1)S(=O)(=O)c1c(F)cccc1Cl. The number of nitrogens with one attached hydrogen (secondary N) is 1.